The molecule has 0 atom stereocenters. The van der Waals surface area contributed by atoms with Crippen molar-refractivity contribution in [2.75, 3.05) is 6.86 Å². The Bertz CT molecular complexity index is 293. The molecule has 0 aliphatic rings. The van der Waals surface area contributed by atoms with Gasteiger partial charge in [-0.25, -0.2) is 4.39 Å². The zero-order chi connectivity index (χ0) is 8.97. The molecule has 1 aromatic carbocycles. The summed E-state index contributed by atoms with van der Waals surface area (Å²) in [5.74, 6) is -0.452. The van der Waals surface area contributed by atoms with Gasteiger partial charge in [-0.3, -0.25) is 4.79 Å². The average Bonchev–Trinajstić information content (AvgIpc) is 2.05. The van der Waals surface area contributed by atoms with E-state index in [0.29, 0.717) is 0 Å². The van der Waals surface area contributed by atoms with Gasteiger partial charge in [0.05, 0.1) is 5.56 Å². The molecule has 0 unspecified atom stereocenters. The van der Waals surface area contributed by atoms with E-state index >= 15 is 0 Å². The Labute approximate surface area is 81.1 Å². The molecule has 0 spiro atoms. The van der Waals surface area contributed by atoms with E-state index in [1.807, 2.05) is 0 Å². The number of benzene rings is 1. The third-order valence-corrected chi connectivity index (χ3v) is 1.36. The summed E-state index contributed by atoms with van der Waals surface area (Å²) in [6.07, 6.45) is 0. The highest BCUT2D eigenvalue weighted by atomic mass is 35.5. The first-order valence-electron chi connectivity index (χ1n) is 3.33. The quantitative estimate of drug-likeness (QED) is 0.813. The summed E-state index contributed by atoms with van der Waals surface area (Å²) in [5.41, 5.74) is 5.19. The maximum Gasteiger partial charge on any atom is 0.252 e. The molecule has 0 radical (unpaired) electrons. The predicted octanol–water partition coefficient (Wildman–Crippen LogP) is 1.51. The minimum Gasteiger partial charge on any atom is -0.462 e. The van der Waals surface area contributed by atoms with Crippen LogP contribution >= 0.6 is 12.4 Å². The molecule has 1 aromatic rings. The minimum absolute atomic E-state index is 0. The van der Waals surface area contributed by atoms with Gasteiger partial charge in [-0.1, -0.05) is 12.1 Å². The fraction of sp³-hybridized carbons (Fsp3) is 0.125. The van der Waals surface area contributed by atoms with Crippen LogP contribution in [0.1, 0.15) is 10.4 Å². The first-order chi connectivity index (χ1) is 5.75. The van der Waals surface area contributed by atoms with E-state index in [2.05, 4.69) is 4.74 Å². The van der Waals surface area contributed by atoms with E-state index in [-0.39, 0.29) is 23.7 Å². The lowest BCUT2D eigenvalue weighted by Crippen LogP contribution is -2.12. The standard InChI is InChI=1S/C8H8FNO2.ClH/c9-5-12-7-4-2-1-3-6(7)8(10)11;/h1-4H,5H2,(H2,10,11);1H. The van der Waals surface area contributed by atoms with Crippen molar-refractivity contribution in [1.29, 1.82) is 0 Å². The van der Waals surface area contributed by atoms with Crippen molar-refractivity contribution >= 4 is 18.3 Å². The molecule has 1 amide bonds. The number of alkyl halides is 1. The van der Waals surface area contributed by atoms with Crippen LogP contribution < -0.4 is 10.5 Å². The second kappa shape index (κ2) is 5.37. The molecule has 3 nitrogen and oxygen atoms in total. The third-order valence-electron chi connectivity index (χ3n) is 1.36. The lowest BCUT2D eigenvalue weighted by molar-refractivity contribution is 0.0993. The minimum atomic E-state index is -0.968. The molecule has 5 heteroatoms. The van der Waals surface area contributed by atoms with Crippen molar-refractivity contribution in [2.24, 2.45) is 5.73 Å². The SMILES string of the molecule is Cl.NC(=O)c1ccccc1OCF. The zero-order valence-electron chi connectivity index (χ0n) is 6.70. The van der Waals surface area contributed by atoms with Gasteiger partial charge in [-0.05, 0) is 12.1 Å². The molecular weight excluding hydrogens is 197 g/mol. The molecule has 0 aliphatic heterocycles. The van der Waals surface area contributed by atoms with Crippen molar-refractivity contribution in [3.05, 3.63) is 29.8 Å². The van der Waals surface area contributed by atoms with E-state index in [0.717, 1.165) is 0 Å². The number of amides is 1. The summed E-state index contributed by atoms with van der Waals surface area (Å²) >= 11 is 0. The third kappa shape index (κ3) is 2.91. The second-order valence-corrected chi connectivity index (χ2v) is 2.11. The highest BCUT2D eigenvalue weighted by Gasteiger charge is 2.06. The van der Waals surface area contributed by atoms with Gasteiger partial charge in [0.25, 0.3) is 5.91 Å². The second-order valence-electron chi connectivity index (χ2n) is 2.11. The van der Waals surface area contributed by atoms with Crippen LogP contribution in [0.3, 0.4) is 0 Å². The number of carbonyl (C=O) groups is 1. The van der Waals surface area contributed by atoms with Crippen molar-refractivity contribution in [2.45, 2.75) is 0 Å². The Morgan fingerprint density at radius 3 is 2.62 bits per heavy atom. The van der Waals surface area contributed by atoms with Gasteiger partial charge >= 0.3 is 0 Å². The molecule has 0 saturated carbocycles. The normalized spacial score (nSPS) is 8.69. The van der Waals surface area contributed by atoms with E-state index in [4.69, 9.17) is 5.73 Å². The van der Waals surface area contributed by atoms with E-state index < -0.39 is 12.8 Å². The Kier molecular flexibility index (Phi) is 4.84. The summed E-state index contributed by atoms with van der Waals surface area (Å²) in [4.78, 5) is 10.7. The van der Waals surface area contributed by atoms with Crippen LogP contribution in [0.4, 0.5) is 4.39 Å². The van der Waals surface area contributed by atoms with Gasteiger partial charge in [0.2, 0.25) is 6.86 Å². The number of para-hydroxylation sites is 1. The van der Waals surface area contributed by atoms with Gasteiger partial charge in [0.15, 0.2) is 0 Å². The van der Waals surface area contributed by atoms with E-state index in [9.17, 15) is 9.18 Å². The number of primary amides is 1. The topological polar surface area (TPSA) is 52.3 Å². The molecule has 2 N–H and O–H groups in total. The fourth-order valence-corrected chi connectivity index (χ4v) is 0.855. The maximum absolute atomic E-state index is 11.7. The number of ether oxygens (including phenoxy) is 1. The van der Waals surface area contributed by atoms with E-state index in [1.54, 1.807) is 12.1 Å². The summed E-state index contributed by atoms with van der Waals surface area (Å²) in [6.45, 7) is -0.968. The Morgan fingerprint density at radius 1 is 1.46 bits per heavy atom. The number of hydrogen-bond donors (Lipinski definition) is 1. The molecule has 1 rings (SSSR count). The highest BCUT2D eigenvalue weighted by Crippen LogP contribution is 2.16. The number of carbonyl (C=O) groups excluding carboxylic acids is 1. The lowest BCUT2D eigenvalue weighted by Gasteiger charge is -2.04. The Balaban J connectivity index is 0.00000144. The summed E-state index contributed by atoms with van der Waals surface area (Å²) in [7, 11) is 0. The summed E-state index contributed by atoms with van der Waals surface area (Å²) < 4.78 is 16.3. The van der Waals surface area contributed by atoms with Gasteiger partial charge in [0, 0.05) is 0 Å². The van der Waals surface area contributed by atoms with Gasteiger partial charge in [-0.15, -0.1) is 12.4 Å². The highest BCUT2D eigenvalue weighted by molar-refractivity contribution is 5.95. The van der Waals surface area contributed by atoms with Crippen LogP contribution in [-0.4, -0.2) is 12.8 Å². The van der Waals surface area contributed by atoms with Crippen LogP contribution in [0.25, 0.3) is 0 Å². The first kappa shape index (κ1) is 11.7. The van der Waals surface area contributed by atoms with Gasteiger partial charge in [0.1, 0.15) is 5.75 Å². The first-order valence-corrected chi connectivity index (χ1v) is 3.33. The Morgan fingerprint density at radius 2 is 2.08 bits per heavy atom. The summed E-state index contributed by atoms with van der Waals surface area (Å²) in [6, 6.07) is 6.23. The van der Waals surface area contributed by atoms with E-state index in [1.165, 1.54) is 12.1 Å². The van der Waals surface area contributed by atoms with Crippen LogP contribution in [0.2, 0.25) is 0 Å². The van der Waals surface area contributed by atoms with Crippen molar-refractivity contribution < 1.29 is 13.9 Å². The smallest absolute Gasteiger partial charge is 0.252 e. The number of nitrogens with two attached hydrogens (primary N) is 1. The van der Waals surface area contributed by atoms with Crippen molar-refractivity contribution in [3.8, 4) is 5.75 Å². The maximum atomic E-state index is 11.7. The molecule has 0 fully saturated rings. The number of halogens is 2. The summed E-state index contributed by atoms with van der Waals surface area (Å²) in [5, 5.41) is 0. The number of hydrogen-bond acceptors (Lipinski definition) is 2. The monoisotopic (exact) mass is 205 g/mol. The number of rotatable bonds is 3. The predicted molar refractivity (Wildman–Crippen MR) is 48.8 cm³/mol. The molecular formula is C8H9ClFNO2. The fourth-order valence-electron chi connectivity index (χ4n) is 0.855. The average molecular weight is 206 g/mol. The van der Waals surface area contributed by atoms with Gasteiger partial charge in [-0.2, -0.15) is 0 Å². The van der Waals surface area contributed by atoms with Crippen LogP contribution in [-0.2, 0) is 0 Å². The van der Waals surface area contributed by atoms with Crippen LogP contribution in [0.5, 0.6) is 5.75 Å². The molecule has 0 bridgehead atoms. The molecule has 13 heavy (non-hydrogen) atoms. The van der Waals surface area contributed by atoms with Crippen molar-refractivity contribution in [3.63, 3.8) is 0 Å². The molecule has 0 heterocycles. The molecule has 0 saturated heterocycles. The largest absolute Gasteiger partial charge is 0.462 e. The van der Waals surface area contributed by atoms with Crippen molar-refractivity contribution in [1.82, 2.24) is 0 Å². The molecule has 0 aliphatic carbocycles. The molecule has 0 aromatic heterocycles. The zero-order valence-corrected chi connectivity index (χ0v) is 7.51. The van der Waals surface area contributed by atoms with Crippen LogP contribution in [0.15, 0.2) is 24.3 Å². The lowest BCUT2D eigenvalue weighted by atomic mass is 10.2. The van der Waals surface area contributed by atoms with Gasteiger partial charge < -0.3 is 10.5 Å². The van der Waals surface area contributed by atoms with Crippen LogP contribution in [0, 0.1) is 0 Å². The molecule has 72 valence electrons. The Hall–Kier alpha value is -1.29.